The number of hydrogen-bond donors (Lipinski definition) is 2. The van der Waals surface area contributed by atoms with Crippen molar-refractivity contribution in [2.24, 2.45) is 0 Å². The van der Waals surface area contributed by atoms with Gasteiger partial charge in [0, 0.05) is 0 Å². The van der Waals surface area contributed by atoms with E-state index < -0.39 is 0 Å². The van der Waals surface area contributed by atoms with Gasteiger partial charge in [-0.2, -0.15) is 0 Å². The highest BCUT2D eigenvalue weighted by atomic mass is 16.3. The van der Waals surface area contributed by atoms with Crippen molar-refractivity contribution in [2.45, 2.75) is 33.0 Å². The molecule has 0 aliphatic rings. The first-order chi connectivity index (χ1) is 5.39. The van der Waals surface area contributed by atoms with Crippen LogP contribution in [-0.4, -0.2) is 59.1 Å². The molecular weight excluding hydrogens is 170 g/mol. The van der Waals surface area contributed by atoms with Gasteiger partial charge in [0.1, 0.15) is 25.3 Å². The minimum atomic E-state index is -0.298. The van der Waals surface area contributed by atoms with E-state index in [4.69, 9.17) is 0 Å². The third-order valence-corrected chi connectivity index (χ3v) is 2.17. The first-order valence-corrected chi connectivity index (χ1v) is 4.59. The van der Waals surface area contributed by atoms with Gasteiger partial charge >= 0.3 is 0 Å². The molecule has 3 N–H and O–H groups in total. The molecule has 0 saturated carbocycles. The van der Waals surface area contributed by atoms with Crippen molar-refractivity contribution in [1.82, 2.24) is 0 Å². The van der Waals surface area contributed by atoms with Gasteiger partial charge in [0.05, 0.1) is 13.6 Å². The Hall–Kier alpha value is -0.160. The lowest BCUT2D eigenvalue weighted by Gasteiger charge is -2.35. The Bertz CT molecular complexity index is 116. The third kappa shape index (κ3) is 6.95. The average Bonchev–Trinajstić information content (AvgIpc) is 1.83. The van der Waals surface area contributed by atoms with Crippen molar-refractivity contribution in [1.29, 1.82) is 0 Å². The maximum absolute atomic E-state index is 9.23. The van der Waals surface area contributed by atoms with E-state index in [9.17, 15) is 10.2 Å². The highest BCUT2D eigenvalue weighted by Crippen LogP contribution is 2.05. The topological polar surface area (TPSA) is 70.5 Å². The van der Waals surface area contributed by atoms with Crippen molar-refractivity contribution in [3.05, 3.63) is 0 Å². The van der Waals surface area contributed by atoms with Gasteiger partial charge in [-0.3, -0.25) is 0 Å². The molecule has 0 aliphatic carbocycles. The second kappa shape index (κ2) is 6.32. The fraction of sp³-hybridized carbons (Fsp3) is 1.00. The minimum Gasteiger partial charge on any atom is -0.870 e. The van der Waals surface area contributed by atoms with Crippen molar-refractivity contribution in [3.63, 3.8) is 0 Å². The maximum Gasteiger partial charge on any atom is 0.105 e. The molecule has 0 spiro atoms. The van der Waals surface area contributed by atoms with E-state index in [1.807, 2.05) is 0 Å². The average molecular weight is 193 g/mol. The molecule has 82 valence electrons. The predicted octanol–water partition coefficient (Wildman–Crippen LogP) is 0.0377. The maximum atomic E-state index is 9.23. The number of aliphatic hydroxyl groups excluding tert-OH is 2. The molecule has 0 rings (SSSR count). The molecule has 0 amide bonds. The molecular formula is C9H23NO3. The molecule has 13 heavy (non-hydrogen) atoms. The Kier molecular flexibility index (Phi) is 7.44. The van der Waals surface area contributed by atoms with E-state index in [2.05, 4.69) is 14.0 Å². The van der Waals surface area contributed by atoms with Gasteiger partial charge in [-0.05, 0) is 20.8 Å². The highest BCUT2D eigenvalue weighted by molar-refractivity contribution is 4.49. The van der Waals surface area contributed by atoms with Gasteiger partial charge < -0.3 is 20.2 Å². The van der Waals surface area contributed by atoms with Crippen LogP contribution < -0.4 is 0 Å². The summed E-state index contributed by atoms with van der Waals surface area (Å²) in [5.41, 5.74) is 0. The number of likely N-dealkylation sites (N-methyl/N-ethyl adjacent to an activating group) is 1. The lowest BCUT2D eigenvalue weighted by Crippen LogP contribution is -2.51. The Morgan fingerprint density at radius 1 is 1.08 bits per heavy atom. The zero-order valence-electron chi connectivity index (χ0n) is 9.06. The summed E-state index contributed by atoms with van der Waals surface area (Å²) in [6.07, 6.45) is -0.595. The first-order valence-electron chi connectivity index (χ1n) is 4.59. The van der Waals surface area contributed by atoms with Crippen molar-refractivity contribution < 1.29 is 20.2 Å². The molecule has 4 heteroatoms. The summed E-state index contributed by atoms with van der Waals surface area (Å²) in [5.74, 6) is 0. The summed E-state index contributed by atoms with van der Waals surface area (Å²) in [7, 11) is 2.06. The Labute approximate surface area is 80.7 Å². The summed E-state index contributed by atoms with van der Waals surface area (Å²) >= 11 is 0. The minimum absolute atomic E-state index is 0. The first kappa shape index (κ1) is 15.3. The van der Waals surface area contributed by atoms with Gasteiger partial charge in [0.25, 0.3) is 0 Å². The smallest absolute Gasteiger partial charge is 0.105 e. The molecule has 2 unspecified atom stereocenters. The van der Waals surface area contributed by atoms with Crippen LogP contribution in [0.25, 0.3) is 0 Å². The summed E-state index contributed by atoms with van der Waals surface area (Å²) in [6.45, 7) is 8.01. The van der Waals surface area contributed by atoms with Crippen molar-refractivity contribution >= 4 is 0 Å². The van der Waals surface area contributed by atoms with Crippen LogP contribution >= 0.6 is 0 Å². The number of quaternary nitrogens is 1. The van der Waals surface area contributed by atoms with Gasteiger partial charge in [-0.15, -0.1) is 0 Å². The van der Waals surface area contributed by atoms with Crippen LogP contribution in [0, 0.1) is 0 Å². The molecule has 0 heterocycles. The van der Waals surface area contributed by atoms with Crippen LogP contribution in [-0.2, 0) is 0 Å². The van der Waals surface area contributed by atoms with Gasteiger partial charge in [-0.25, -0.2) is 0 Å². The molecule has 0 fully saturated rings. The van der Waals surface area contributed by atoms with Crippen LogP contribution in [0.3, 0.4) is 0 Å². The molecule has 0 aromatic carbocycles. The normalized spacial score (nSPS) is 19.8. The molecule has 0 aromatic heterocycles. The zero-order valence-corrected chi connectivity index (χ0v) is 9.06. The molecule has 0 aromatic rings. The number of nitrogens with zero attached hydrogens (tertiary/aromatic N) is 1. The highest BCUT2D eigenvalue weighted by Gasteiger charge is 2.23. The molecule has 0 saturated heterocycles. The molecule has 0 bridgehead atoms. The van der Waals surface area contributed by atoms with Gasteiger partial charge in [0.2, 0.25) is 0 Å². The summed E-state index contributed by atoms with van der Waals surface area (Å²) in [4.78, 5) is 0. The summed E-state index contributed by atoms with van der Waals surface area (Å²) < 4.78 is 0.731. The van der Waals surface area contributed by atoms with Crippen LogP contribution in [0.5, 0.6) is 0 Å². The molecule has 0 aliphatic heterocycles. The quantitative estimate of drug-likeness (QED) is 0.605. The van der Waals surface area contributed by atoms with Crippen LogP contribution in [0.15, 0.2) is 0 Å². The monoisotopic (exact) mass is 193 g/mol. The summed E-state index contributed by atoms with van der Waals surface area (Å²) in [5, 5.41) is 18.5. The number of hydrogen-bond acceptors (Lipinski definition) is 3. The van der Waals surface area contributed by atoms with Crippen molar-refractivity contribution in [2.75, 3.05) is 26.7 Å². The fourth-order valence-electron chi connectivity index (χ4n) is 1.61. The Balaban J connectivity index is 0. The van der Waals surface area contributed by atoms with E-state index in [-0.39, 0.29) is 17.7 Å². The Morgan fingerprint density at radius 3 is 1.54 bits per heavy atom. The van der Waals surface area contributed by atoms with E-state index in [1.165, 1.54) is 0 Å². The second-order valence-electron chi connectivity index (χ2n) is 4.00. The van der Waals surface area contributed by atoms with Crippen LogP contribution in [0.2, 0.25) is 0 Å². The van der Waals surface area contributed by atoms with Crippen molar-refractivity contribution in [3.8, 4) is 0 Å². The van der Waals surface area contributed by atoms with E-state index in [1.54, 1.807) is 13.8 Å². The summed E-state index contributed by atoms with van der Waals surface area (Å²) in [6, 6.07) is 0. The SMILES string of the molecule is CC[N+](C)(CC(C)O)CC(C)O.[OH-]. The van der Waals surface area contributed by atoms with Crippen LogP contribution in [0.4, 0.5) is 0 Å². The van der Waals surface area contributed by atoms with E-state index in [0.717, 1.165) is 11.0 Å². The van der Waals surface area contributed by atoms with E-state index in [0.29, 0.717) is 13.1 Å². The number of aliphatic hydroxyl groups is 2. The third-order valence-electron chi connectivity index (χ3n) is 2.17. The molecule has 2 atom stereocenters. The van der Waals surface area contributed by atoms with Gasteiger partial charge in [-0.1, -0.05) is 0 Å². The second-order valence-corrected chi connectivity index (χ2v) is 4.00. The lowest BCUT2D eigenvalue weighted by atomic mass is 10.2. The molecule has 4 nitrogen and oxygen atoms in total. The zero-order chi connectivity index (χ0) is 9.78. The number of rotatable bonds is 5. The van der Waals surface area contributed by atoms with E-state index >= 15 is 0 Å². The largest absolute Gasteiger partial charge is 0.870 e. The molecule has 0 radical (unpaired) electrons. The standard InChI is InChI=1S/C9H22NO2.H2O/c1-5-10(4,6-8(2)11)7-9(3)12;/h8-9,11-12H,5-7H2,1-4H3;1H2/q+1;/p-1. The predicted molar refractivity (Wildman–Crippen MR) is 51.8 cm³/mol. The fourth-order valence-corrected chi connectivity index (χ4v) is 1.61. The lowest BCUT2D eigenvalue weighted by molar-refractivity contribution is -0.913. The Morgan fingerprint density at radius 2 is 1.38 bits per heavy atom. The van der Waals surface area contributed by atoms with Crippen LogP contribution in [0.1, 0.15) is 20.8 Å². The van der Waals surface area contributed by atoms with Gasteiger partial charge in [0.15, 0.2) is 0 Å².